The number of benzene rings is 1. The molecule has 0 unspecified atom stereocenters. The van der Waals surface area contributed by atoms with Gasteiger partial charge in [0, 0.05) is 0 Å². The second-order valence-electron chi connectivity index (χ2n) is 5.61. The van der Waals surface area contributed by atoms with Crippen molar-refractivity contribution in [3.63, 3.8) is 0 Å². The molecule has 1 aliphatic rings. The summed E-state index contributed by atoms with van der Waals surface area (Å²) in [5, 5.41) is 0. The summed E-state index contributed by atoms with van der Waals surface area (Å²) in [6, 6.07) is 7.07. The van der Waals surface area contributed by atoms with E-state index in [1.54, 1.807) is 31.4 Å². The molecule has 0 bridgehead atoms. The average Bonchev–Trinajstić information content (AvgIpc) is 2.59. The molecule has 0 aliphatic carbocycles. The molecule has 0 saturated carbocycles. The van der Waals surface area contributed by atoms with Gasteiger partial charge in [0.05, 0.1) is 24.2 Å². The minimum Gasteiger partial charge on any atom is -0.497 e. The summed E-state index contributed by atoms with van der Waals surface area (Å²) >= 11 is 10.0. The summed E-state index contributed by atoms with van der Waals surface area (Å²) < 4.78 is 11.1. The zero-order valence-corrected chi connectivity index (χ0v) is 15.0. The minimum atomic E-state index is -0.675. The number of aromatic nitrogens is 4. The summed E-state index contributed by atoms with van der Waals surface area (Å²) in [6.07, 6.45) is 0. The normalized spacial score (nSPS) is 12.8. The average molecular weight is 388 g/mol. The van der Waals surface area contributed by atoms with Crippen LogP contribution in [0, 0.1) is 9.54 Å². The van der Waals surface area contributed by atoms with E-state index in [4.69, 9.17) is 33.9 Å². The van der Waals surface area contributed by atoms with E-state index in [0.717, 1.165) is 0 Å². The fourth-order valence-corrected chi connectivity index (χ4v) is 3.38. The van der Waals surface area contributed by atoms with Gasteiger partial charge in [0.15, 0.2) is 9.54 Å². The molecular weight excluding hydrogens is 376 g/mol. The number of hydrogen-bond donors (Lipinski definition) is 4. The van der Waals surface area contributed by atoms with E-state index >= 15 is 0 Å². The van der Waals surface area contributed by atoms with E-state index in [0.29, 0.717) is 11.3 Å². The van der Waals surface area contributed by atoms with Crippen molar-refractivity contribution in [1.29, 1.82) is 0 Å². The molecule has 10 heteroatoms. The van der Waals surface area contributed by atoms with Crippen molar-refractivity contribution in [3.8, 4) is 17.5 Å². The van der Waals surface area contributed by atoms with Crippen LogP contribution in [0.1, 0.15) is 22.6 Å². The Bertz CT molecular complexity index is 1160. The molecule has 26 heavy (non-hydrogen) atoms. The van der Waals surface area contributed by atoms with Crippen LogP contribution in [0.2, 0.25) is 0 Å². The Labute approximate surface area is 155 Å². The van der Waals surface area contributed by atoms with Gasteiger partial charge < -0.3 is 19.4 Å². The second kappa shape index (κ2) is 6.07. The Kier molecular flexibility index (Phi) is 3.85. The van der Waals surface area contributed by atoms with Crippen LogP contribution in [-0.4, -0.2) is 27.0 Å². The number of ether oxygens (including phenoxy) is 2. The van der Waals surface area contributed by atoms with E-state index in [2.05, 4.69) is 19.9 Å². The van der Waals surface area contributed by atoms with Crippen LogP contribution in [0.15, 0.2) is 33.9 Å². The standard InChI is InChI=1S/C16H12N4O4S2/c1-23-7-4-2-6(3-5-7)8-9-11(21)17-15(25)19-13(9)24-14-10(8)12(22)18-16(26)20-14/h2-5,8H,1H3,(H2,17,19,21,25)(H2,18,20,22,26). The smallest absolute Gasteiger partial charge is 0.259 e. The maximum atomic E-state index is 12.6. The van der Waals surface area contributed by atoms with Gasteiger partial charge in [-0.25, -0.2) is 0 Å². The third-order valence-electron chi connectivity index (χ3n) is 4.12. The molecule has 0 saturated heterocycles. The van der Waals surface area contributed by atoms with E-state index < -0.39 is 17.0 Å². The van der Waals surface area contributed by atoms with Crippen molar-refractivity contribution in [1.82, 2.24) is 19.9 Å². The molecule has 1 aliphatic heterocycles. The fourth-order valence-electron chi connectivity index (χ4n) is 3.01. The van der Waals surface area contributed by atoms with Crippen LogP contribution in [0.25, 0.3) is 0 Å². The summed E-state index contributed by atoms with van der Waals surface area (Å²) in [4.78, 5) is 35.9. The number of fused-ring (bicyclic) bond motifs is 2. The van der Waals surface area contributed by atoms with Crippen LogP contribution < -0.4 is 20.6 Å². The Morgan fingerprint density at radius 1 is 0.885 bits per heavy atom. The lowest BCUT2D eigenvalue weighted by Crippen LogP contribution is -2.29. The monoisotopic (exact) mass is 388 g/mol. The largest absolute Gasteiger partial charge is 0.497 e. The number of methoxy groups -OCH3 is 1. The minimum absolute atomic E-state index is 0.120. The first-order valence-electron chi connectivity index (χ1n) is 7.52. The Morgan fingerprint density at radius 3 is 1.85 bits per heavy atom. The number of aromatic amines is 4. The molecule has 4 rings (SSSR count). The highest BCUT2D eigenvalue weighted by molar-refractivity contribution is 7.71. The van der Waals surface area contributed by atoms with Gasteiger partial charge in [-0.1, -0.05) is 12.1 Å². The van der Waals surface area contributed by atoms with Crippen molar-refractivity contribution in [2.24, 2.45) is 0 Å². The van der Waals surface area contributed by atoms with E-state index in [1.807, 2.05) is 0 Å². The van der Waals surface area contributed by atoms with Crippen LogP contribution in [0.3, 0.4) is 0 Å². The number of hydrogen-bond acceptors (Lipinski definition) is 6. The Balaban J connectivity index is 2.06. The first-order chi connectivity index (χ1) is 12.5. The van der Waals surface area contributed by atoms with Crippen molar-refractivity contribution >= 4 is 24.4 Å². The number of H-pyrrole nitrogens is 4. The van der Waals surface area contributed by atoms with Gasteiger partial charge >= 0.3 is 0 Å². The van der Waals surface area contributed by atoms with Gasteiger partial charge in [0.1, 0.15) is 5.75 Å². The second-order valence-corrected chi connectivity index (χ2v) is 6.43. The highest BCUT2D eigenvalue weighted by Gasteiger charge is 2.35. The van der Waals surface area contributed by atoms with Crippen molar-refractivity contribution < 1.29 is 9.47 Å². The van der Waals surface area contributed by atoms with Crippen molar-refractivity contribution in [2.75, 3.05) is 7.11 Å². The van der Waals surface area contributed by atoms with Crippen LogP contribution >= 0.6 is 24.4 Å². The van der Waals surface area contributed by atoms with Crippen molar-refractivity contribution in [3.05, 3.63) is 71.2 Å². The maximum Gasteiger partial charge on any atom is 0.259 e. The topological polar surface area (TPSA) is 116 Å². The lowest BCUT2D eigenvalue weighted by molar-refractivity contribution is 0.407. The summed E-state index contributed by atoms with van der Waals surface area (Å²) in [6.45, 7) is 0. The zero-order chi connectivity index (χ0) is 18.4. The van der Waals surface area contributed by atoms with Crippen LogP contribution in [-0.2, 0) is 0 Å². The zero-order valence-electron chi connectivity index (χ0n) is 13.3. The molecule has 8 nitrogen and oxygen atoms in total. The van der Waals surface area contributed by atoms with E-state index in [-0.39, 0.29) is 32.4 Å². The lowest BCUT2D eigenvalue weighted by atomic mass is 9.86. The van der Waals surface area contributed by atoms with Gasteiger partial charge in [-0.2, -0.15) is 0 Å². The molecule has 3 heterocycles. The molecular formula is C16H12N4O4S2. The summed E-state index contributed by atoms with van der Waals surface area (Å²) in [5.74, 6) is 0.321. The first kappa shape index (κ1) is 16.5. The van der Waals surface area contributed by atoms with Gasteiger partial charge in [0.2, 0.25) is 11.8 Å². The predicted octanol–water partition coefficient (Wildman–Crippen LogP) is 2.47. The maximum absolute atomic E-state index is 12.6. The molecule has 3 aromatic rings. The van der Waals surface area contributed by atoms with Crippen molar-refractivity contribution in [2.45, 2.75) is 5.92 Å². The molecule has 2 aromatic heterocycles. The molecule has 0 amide bonds. The summed E-state index contributed by atoms with van der Waals surface area (Å²) in [7, 11) is 1.56. The quantitative estimate of drug-likeness (QED) is 0.392. The third kappa shape index (κ3) is 2.59. The molecule has 0 radical (unpaired) electrons. The Hall–Kier alpha value is -2.98. The molecule has 4 N–H and O–H groups in total. The van der Waals surface area contributed by atoms with E-state index in [1.165, 1.54) is 0 Å². The Morgan fingerprint density at radius 2 is 1.38 bits per heavy atom. The third-order valence-corrected chi connectivity index (χ3v) is 4.53. The SMILES string of the molecule is COc1ccc(C2c3c([nH]c(=S)[nH]c3=O)Oc3[nH]c(=S)[nH]c(=O)c32)cc1. The molecule has 1 aromatic carbocycles. The van der Waals surface area contributed by atoms with E-state index in [9.17, 15) is 9.59 Å². The fraction of sp³-hybridized carbons (Fsp3) is 0.125. The highest BCUT2D eigenvalue weighted by Crippen LogP contribution is 2.42. The van der Waals surface area contributed by atoms with Crippen LogP contribution in [0.5, 0.6) is 17.5 Å². The highest BCUT2D eigenvalue weighted by atomic mass is 32.1. The predicted molar refractivity (Wildman–Crippen MR) is 98.5 cm³/mol. The van der Waals surface area contributed by atoms with Gasteiger partial charge in [0.25, 0.3) is 11.1 Å². The molecule has 0 fully saturated rings. The first-order valence-corrected chi connectivity index (χ1v) is 8.34. The van der Waals surface area contributed by atoms with Gasteiger partial charge in [-0.3, -0.25) is 19.6 Å². The molecule has 0 spiro atoms. The lowest BCUT2D eigenvalue weighted by Gasteiger charge is -2.26. The van der Waals surface area contributed by atoms with Gasteiger partial charge in [-0.15, -0.1) is 0 Å². The summed E-state index contributed by atoms with van der Waals surface area (Å²) in [5.41, 5.74) is 0.359. The molecule has 132 valence electrons. The number of nitrogens with one attached hydrogen (secondary N) is 4. The molecule has 0 atom stereocenters. The van der Waals surface area contributed by atoms with Crippen LogP contribution in [0.4, 0.5) is 0 Å². The number of rotatable bonds is 2. The van der Waals surface area contributed by atoms with Gasteiger partial charge in [-0.05, 0) is 42.1 Å².